The third kappa shape index (κ3) is 3.36. The lowest BCUT2D eigenvalue weighted by atomic mass is 10.0. The molecular formula is C15H26N6. The number of nitrogens with zero attached hydrogens (tertiary/aromatic N) is 4. The predicted octanol–water partition coefficient (Wildman–Crippen LogP) is 2.51. The Hall–Kier alpha value is -1.59. The van der Waals surface area contributed by atoms with Crippen LogP contribution in [0.4, 0.5) is 17.8 Å². The summed E-state index contributed by atoms with van der Waals surface area (Å²) in [7, 11) is 1.85. The van der Waals surface area contributed by atoms with E-state index in [-0.39, 0.29) is 0 Å². The summed E-state index contributed by atoms with van der Waals surface area (Å²) in [6.45, 7) is 5.33. The van der Waals surface area contributed by atoms with Gasteiger partial charge in [-0.15, -0.1) is 0 Å². The number of rotatable bonds is 7. The second-order valence-corrected chi connectivity index (χ2v) is 6.33. The Bertz CT molecular complexity index is 479. The average molecular weight is 290 g/mol. The van der Waals surface area contributed by atoms with Gasteiger partial charge in [0.25, 0.3) is 0 Å². The molecule has 2 fully saturated rings. The van der Waals surface area contributed by atoms with Gasteiger partial charge in [-0.05, 0) is 37.5 Å². The van der Waals surface area contributed by atoms with Crippen molar-refractivity contribution in [2.45, 2.75) is 45.4 Å². The minimum atomic E-state index is 0.495. The van der Waals surface area contributed by atoms with Gasteiger partial charge >= 0.3 is 0 Å². The van der Waals surface area contributed by atoms with Crippen LogP contribution in [0.15, 0.2) is 0 Å². The molecule has 1 aromatic heterocycles. The monoisotopic (exact) mass is 290 g/mol. The number of anilines is 3. The molecule has 21 heavy (non-hydrogen) atoms. The van der Waals surface area contributed by atoms with Crippen molar-refractivity contribution >= 4 is 17.8 Å². The van der Waals surface area contributed by atoms with E-state index in [1.807, 2.05) is 7.05 Å². The fourth-order valence-electron chi connectivity index (χ4n) is 3.10. The van der Waals surface area contributed by atoms with Gasteiger partial charge in [0.05, 0.1) is 0 Å². The summed E-state index contributed by atoms with van der Waals surface area (Å²) in [5.74, 6) is 2.16. The first-order valence-electron chi connectivity index (χ1n) is 8.17. The Labute approximate surface area is 126 Å². The van der Waals surface area contributed by atoms with Crippen molar-refractivity contribution in [2.75, 3.05) is 42.2 Å². The van der Waals surface area contributed by atoms with Crippen LogP contribution in [0.3, 0.4) is 0 Å². The van der Waals surface area contributed by atoms with Crippen LogP contribution in [-0.2, 0) is 0 Å². The SMILES string of the molecule is CCCC1(CNc2nc(NC)nc(N3CCCC3)n2)CC1. The lowest BCUT2D eigenvalue weighted by Crippen LogP contribution is -2.23. The fraction of sp³-hybridized carbons (Fsp3) is 0.800. The second kappa shape index (κ2) is 6.03. The summed E-state index contributed by atoms with van der Waals surface area (Å²) in [6.07, 6.45) is 7.65. The van der Waals surface area contributed by atoms with Gasteiger partial charge in [0.1, 0.15) is 0 Å². The highest BCUT2D eigenvalue weighted by Gasteiger charge is 2.41. The van der Waals surface area contributed by atoms with E-state index in [2.05, 4.69) is 37.4 Å². The summed E-state index contributed by atoms with van der Waals surface area (Å²) in [5.41, 5.74) is 0.495. The molecule has 2 aliphatic rings. The first kappa shape index (κ1) is 14.4. The predicted molar refractivity (Wildman–Crippen MR) is 85.9 cm³/mol. The Morgan fingerprint density at radius 2 is 1.81 bits per heavy atom. The molecule has 0 bridgehead atoms. The summed E-state index contributed by atoms with van der Waals surface area (Å²) in [6, 6.07) is 0. The molecule has 2 heterocycles. The molecule has 6 heteroatoms. The summed E-state index contributed by atoms with van der Waals surface area (Å²) < 4.78 is 0. The van der Waals surface area contributed by atoms with Gasteiger partial charge in [0, 0.05) is 26.7 Å². The number of aromatic nitrogens is 3. The van der Waals surface area contributed by atoms with Crippen LogP contribution in [0.2, 0.25) is 0 Å². The molecule has 1 aliphatic heterocycles. The number of hydrogen-bond acceptors (Lipinski definition) is 6. The molecule has 116 valence electrons. The van der Waals surface area contributed by atoms with Gasteiger partial charge in [0.15, 0.2) is 0 Å². The molecule has 3 rings (SSSR count). The third-order valence-electron chi connectivity index (χ3n) is 4.60. The third-order valence-corrected chi connectivity index (χ3v) is 4.60. The van der Waals surface area contributed by atoms with Crippen molar-refractivity contribution in [1.29, 1.82) is 0 Å². The Morgan fingerprint density at radius 1 is 1.10 bits per heavy atom. The van der Waals surface area contributed by atoms with Gasteiger partial charge in [-0.25, -0.2) is 0 Å². The van der Waals surface area contributed by atoms with Crippen molar-refractivity contribution in [3.63, 3.8) is 0 Å². The van der Waals surface area contributed by atoms with E-state index in [0.29, 0.717) is 17.3 Å². The van der Waals surface area contributed by atoms with E-state index in [0.717, 1.165) is 25.6 Å². The zero-order valence-corrected chi connectivity index (χ0v) is 13.2. The summed E-state index contributed by atoms with van der Waals surface area (Å²) in [4.78, 5) is 15.8. The average Bonchev–Trinajstić information content (AvgIpc) is 3.05. The molecule has 0 unspecified atom stereocenters. The quantitative estimate of drug-likeness (QED) is 0.804. The second-order valence-electron chi connectivity index (χ2n) is 6.33. The molecule has 0 spiro atoms. The van der Waals surface area contributed by atoms with E-state index in [1.165, 1.54) is 38.5 Å². The highest BCUT2D eigenvalue weighted by Crippen LogP contribution is 2.49. The van der Waals surface area contributed by atoms with Gasteiger partial charge in [0.2, 0.25) is 17.8 Å². The van der Waals surface area contributed by atoms with Crippen LogP contribution in [0, 0.1) is 5.41 Å². The van der Waals surface area contributed by atoms with Crippen molar-refractivity contribution in [3.05, 3.63) is 0 Å². The topological polar surface area (TPSA) is 66.0 Å². The number of hydrogen-bond donors (Lipinski definition) is 2. The molecule has 0 atom stereocenters. The highest BCUT2D eigenvalue weighted by atomic mass is 15.3. The van der Waals surface area contributed by atoms with Crippen LogP contribution in [0.1, 0.15) is 45.4 Å². The smallest absolute Gasteiger partial charge is 0.231 e. The fourth-order valence-corrected chi connectivity index (χ4v) is 3.10. The first-order valence-corrected chi connectivity index (χ1v) is 8.17. The Balaban J connectivity index is 1.70. The normalized spacial score (nSPS) is 19.6. The molecular weight excluding hydrogens is 264 g/mol. The van der Waals surface area contributed by atoms with Crippen LogP contribution in [-0.4, -0.2) is 41.6 Å². The van der Waals surface area contributed by atoms with Gasteiger partial charge in [-0.3, -0.25) is 0 Å². The van der Waals surface area contributed by atoms with Gasteiger partial charge in [-0.2, -0.15) is 15.0 Å². The van der Waals surface area contributed by atoms with Crippen LogP contribution < -0.4 is 15.5 Å². The standard InChI is InChI=1S/C15H26N6/c1-3-6-15(7-8-15)11-17-13-18-12(16-2)19-14(20-13)21-9-4-5-10-21/h3-11H2,1-2H3,(H2,16,17,18,19,20). The largest absolute Gasteiger partial charge is 0.357 e. The Kier molecular flexibility index (Phi) is 4.12. The van der Waals surface area contributed by atoms with Crippen molar-refractivity contribution in [3.8, 4) is 0 Å². The summed E-state index contributed by atoms with van der Waals surface area (Å²) in [5, 5.41) is 6.48. The maximum atomic E-state index is 4.61. The molecule has 0 aromatic carbocycles. The molecule has 1 aliphatic carbocycles. The van der Waals surface area contributed by atoms with Crippen molar-refractivity contribution < 1.29 is 0 Å². The van der Waals surface area contributed by atoms with Gasteiger partial charge in [-0.1, -0.05) is 13.3 Å². The van der Waals surface area contributed by atoms with Crippen LogP contribution in [0.25, 0.3) is 0 Å². The highest BCUT2D eigenvalue weighted by molar-refractivity contribution is 5.44. The lowest BCUT2D eigenvalue weighted by Gasteiger charge is -2.18. The zero-order chi connectivity index (χ0) is 14.7. The summed E-state index contributed by atoms with van der Waals surface area (Å²) >= 11 is 0. The lowest BCUT2D eigenvalue weighted by molar-refractivity contribution is 0.484. The van der Waals surface area contributed by atoms with Gasteiger partial charge < -0.3 is 15.5 Å². The molecule has 2 N–H and O–H groups in total. The van der Waals surface area contributed by atoms with Crippen LogP contribution >= 0.6 is 0 Å². The van der Waals surface area contributed by atoms with E-state index in [4.69, 9.17) is 0 Å². The van der Waals surface area contributed by atoms with E-state index in [1.54, 1.807) is 0 Å². The minimum absolute atomic E-state index is 0.495. The molecule has 6 nitrogen and oxygen atoms in total. The van der Waals surface area contributed by atoms with E-state index < -0.39 is 0 Å². The molecule has 1 saturated heterocycles. The maximum Gasteiger partial charge on any atom is 0.231 e. The zero-order valence-electron chi connectivity index (χ0n) is 13.2. The molecule has 1 aromatic rings. The molecule has 0 amide bonds. The molecule has 1 saturated carbocycles. The first-order chi connectivity index (χ1) is 10.2. The van der Waals surface area contributed by atoms with Crippen molar-refractivity contribution in [1.82, 2.24) is 15.0 Å². The van der Waals surface area contributed by atoms with Crippen LogP contribution in [0.5, 0.6) is 0 Å². The maximum absolute atomic E-state index is 4.61. The molecule has 0 radical (unpaired) electrons. The number of nitrogens with one attached hydrogen (secondary N) is 2. The van der Waals surface area contributed by atoms with Crippen molar-refractivity contribution in [2.24, 2.45) is 5.41 Å². The Morgan fingerprint density at radius 3 is 2.43 bits per heavy atom. The minimum Gasteiger partial charge on any atom is -0.357 e. The van der Waals surface area contributed by atoms with E-state index >= 15 is 0 Å². The van der Waals surface area contributed by atoms with E-state index in [9.17, 15) is 0 Å².